The molecule has 0 aromatic carbocycles. The first-order chi connectivity index (χ1) is 11.0. The maximum atomic E-state index is 12.0. The zero-order valence-electron chi connectivity index (χ0n) is 13.8. The third-order valence-corrected chi connectivity index (χ3v) is 4.18. The normalized spacial score (nSPS) is 12.0. The average molecular weight is 334 g/mol. The second-order valence-electron chi connectivity index (χ2n) is 5.32. The SMILES string of the molecule is CCSc1ccc(NC(=O)NC(C)Cc2c(C)noc2C)cn1. The van der Waals surface area contributed by atoms with Gasteiger partial charge in [-0.25, -0.2) is 9.78 Å². The highest BCUT2D eigenvalue weighted by molar-refractivity contribution is 7.99. The van der Waals surface area contributed by atoms with Crippen molar-refractivity contribution in [1.29, 1.82) is 0 Å². The molecular weight excluding hydrogens is 312 g/mol. The molecule has 0 aliphatic carbocycles. The molecule has 7 heteroatoms. The molecule has 2 rings (SSSR count). The Morgan fingerprint density at radius 3 is 2.74 bits per heavy atom. The second-order valence-corrected chi connectivity index (χ2v) is 6.61. The van der Waals surface area contributed by atoms with Crippen molar-refractivity contribution in [2.45, 2.75) is 45.2 Å². The van der Waals surface area contributed by atoms with E-state index < -0.39 is 0 Å². The van der Waals surface area contributed by atoms with Gasteiger partial charge in [0.15, 0.2) is 0 Å². The number of pyridine rings is 1. The third-order valence-electron chi connectivity index (χ3n) is 3.36. The molecule has 0 radical (unpaired) electrons. The Balaban J connectivity index is 1.86. The van der Waals surface area contributed by atoms with Crippen molar-refractivity contribution in [1.82, 2.24) is 15.5 Å². The van der Waals surface area contributed by atoms with Crippen LogP contribution >= 0.6 is 11.8 Å². The van der Waals surface area contributed by atoms with Crippen molar-refractivity contribution in [3.8, 4) is 0 Å². The maximum absolute atomic E-state index is 12.0. The fourth-order valence-electron chi connectivity index (χ4n) is 2.23. The van der Waals surface area contributed by atoms with E-state index in [1.807, 2.05) is 32.9 Å². The van der Waals surface area contributed by atoms with Crippen molar-refractivity contribution < 1.29 is 9.32 Å². The van der Waals surface area contributed by atoms with E-state index in [0.717, 1.165) is 27.8 Å². The standard InChI is InChI=1S/C16H22N4O2S/c1-5-23-15-7-6-13(9-17-15)19-16(21)18-10(2)8-14-11(3)20-22-12(14)4/h6-7,9-10H,5,8H2,1-4H3,(H2,18,19,21). The van der Waals surface area contributed by atoms with Gasteiger partial charge in [-0.2, -0.15) is 0 Å². The molecule has 0 saturated carbocycles. The van der Waals surface area contributed by atoms with Crippen LogP contribution in [-0.4, -0.2) is 28.0 Å². The summed E-state index contributed by atoms with van der Waals surface area (Å²) < 4.78 is 5.14. The fraction of sp³-hybridized carbons (Fsp3) is 0.438. The average Bonchev–Trinajstić information content (AvgIpc) is 2.81. The number of urea groups is 1. The Bertz CT molecular complexity index is 635. The van der Waals surface area contributed by atoms with Gasteiger partial charge in [0.05, 0.1) is 22.6 Å². The highest BCUT2D eigenvalue weighted by atomic mass is 32.2. The van der Waals surface area contributed by atoms with E-state index in [0.29, 0.717) is 12.1 Å². The molecule has 0 aliphatic heterocycles. The Hall–Kier alpha value is -2.02. The van der Waals surface area contributed by atoms with Gasteiger partial charge in [-0.05, 0) is 45.1 Å². The quantitative estimate of drug-likeness (QED) is 0.790. The molecule has 2 N–H and O–H groups in total. The van der Waals surface area contributed by atoms with Gasteiger partial charge in [0.2, 0.25) is 0 Å². The molecule has 124 valence electrons. The molecule has 0 spiro atoms. The Morgan fingerprint density at radius 1 is 1.39 bits per heavy atom. The third kappa shape index (κ3) is 4.99. The molecule has 2 aromatic rings. The zero-order chi connectivity index (χ0) is 16.8. The van der Waals surface area contributed by atoms with Crippen molar-refractivity contribution in [3.05, 3.63) is 35.3 Å². The van der Waals surface area contributed by atoms with Gasteiger partial charge in [-0.15, -0.1) is 11.8 Å². The second kappa shape index (κ2) is 8.01. The number of aromatic nitrogens is 2. The summed E-state index contributed by atoms with van der Waals surface area (Å²) in [5.74, 6) is 1.77. The van der Waals surface area contributed by atoms with Gasteiger partial charge in [0.1, 0.15) is 5.76 Å². The molecule has 2 amide bonds. The number of hydrogen-bond donors (Lipinski definition) is 2. The molecule has 0 fully saturated rings. The predicted octanol–water partition coefficient (Wildman–Crippen LogP) is 3.55. The summed E-state index contributed by atoms with van der Waals surface area (Å²) in [6.45, 7) is 7.81. The van der Waals surface area contributed by atoms with Crippen LogP contribution in [0, 0.1) is 13.8 Å². The maximum Gasteiger partial charge on any atom is 0.319 e. The number of aryl methyl sites for hydroxylation is 2. The van der Waals surface area contributed by atoms with E-state index in [-0.39, 0.29) is 12.1 Å². The molecule has 2 aromatic heterocycles. The Labute approximate surface area is 140 Å². The number of nitrogens with zero attached hydrogens (tertiary/aromatic N) is 2. The van der Waals surface area contributed by atoms with Crippen molar-refractivity contribution in [3.63, 3.8) is 0 Å². The minimum absolute atomic E-state index is 0.0327. The zero-order valence-corrected chi connectivity index (χ0v) is 14.7. The van der Waals surface area contributed by atoms with Gasteiger partial charge in [0, 0.05) is 11.6 Å². The summed E-state index contributed by atoms with van der Waals surface area (Å²) in [5.41, 5.74) is 2.58. The summed E-state index contributed by atoms with van der Waals surface area (Å²) in [6.07, 6.45) is 2.34. The molecule has 6 nitrogen and oxygen atoms in total. The van der Waals surface area contributed by atoms with E-state index in [2.05, 4.69) is 27.7 Å². The molecule has 1 unspecified atom stereocenters. The van der Waals surface area contributed by atoms with Crippen molar-refractivity contribution in [2.24, 2.45) is 0 Å². The van der Waals surface area contributed by atoms with Gasteiger partial charge < -0.3 is 15.2 Å². The molecule has 0 aliphatic rings. The molecule has 0 bridgehead atoms. The van der Waals surface area contributed by atoms with E-state index in [9.17, 15) is 4.79 Å². The summed E-state index contributed by atoms with van der Waals surface area (Å²) in [4.78, 5) is 16.3. The Kier molecular flexibility index (Phi) is 6.04. The summed E-state index contributed by atoms with van der Waals surface area (Å²) in [7, 11) is 0. The first-order valence-corrected chi connectivity index (χ1v) is 8.56. The lowest BCUT2D eigenvalue weighted by Crippen LogP contribution is -2.37. The van der Waals surface area contributed by atoms with Crippen LogP contribution in [0.1, 0.15) is 30.9 Å². The van der Waals surface area contributed by atoms with Gasteiger partial charge in [-0.3, -0.25) is 0 Å². The topological polar surface area (TPSA) is 80.0 Å². The number of anilines is 1. The molecule has 0 saturated heterocycles. The molecular formula is C16H22N4O2S. The minimum Gasteiger partial charge on any atom is -0.361 e. The van der Waals surface area contributed by atoms with Crippen LogP contribution in [-0.2, 0) is 6.42 Å². The predicted molar refractivity (Wildman–Crippen MR) is 91.9 cm³/mol. The largest absolute Gasteiger partial charge is 0.361 e. The van der Waals surface area contributed by atoms with E-state index in [1.54, 1.807) is 18.0 Å². The first kappa shape index (κ1) is 17.3. The highest BCUT2D eigenvalue weighted by Gasteiger charge is 2.14. The number of nitrogens with one attached hydrogen (secondary N) is 2. The van der Waals surface area contributed by atoms with E-state index in [4.69, 9.17) is 4.52 Å². The van der Waals surface area contributed by atoms with Crippen LogP contribution in [0.15, 0.2) is 27.9 Å². The monoisotopic (exact) mass is 334 g/mol. The lowest BCUT2D eigenvalue weighted by Gasteiger charge is -2.14. The number of carbonyl (C=O) groups excluding carboxylic acids is 1. The molecule has 1 atom stereocenters. The van der Waals surface area contributed by atoms with Gasteiger partial charge >= 0.3 is 6.03 Å². The number of hydrogen-bond acceptors (Lipinski definition) is 5. The van der Waals surface area contributed by atoms with Crippen LogP contribution in [0.25, 0.3) is 0 Å². The number of thioether (sulfide) groups is 1. The van der Waals surface area contributed by atoms with E-state index >= 15 is 0 Å². The summed E-state index contributed by atoms with van der Waals surface area (Å²) in [5, 5.41) is 10.6. The van der Waals surface area contributed by atoms with Crippen LogP contribution < -0.4 is 10.6 Å². The number of amides is 2. The number of rotatable bonds is 6. The van der Waals surface area contributed by atoms with Crippen LogP contribution in [0.3, 0.4) is 0 Å². The lowest BCUT2D eigenvalue weighted by atomic mass is 10.1. The van der Waals surface area contributed by atoms with Crippen molar-refractivity contribution >= 4 is 23.5 Å². The lowest BCUT2D eigenvalue weighted by molar-refractivity contribution is 0.249. The Morgan fingerprint density at radius 2 is 2.17 bits per heavy atom. The smallest absolute Gasteiger partial charge is 0.319 e. The van der Waals surface area contributed by atoms with Crippen LogP contribution in [0.2, 0.25) is 0 Å². The van der Waals surface area contributed by atoms with Gasteiger partial charge in [-0.1, -0.05) is 12.1 Å². The van der Waals surface area contributed by atoms with Crippen LogP contribution in [0.4, 0.5) is 10.5 Å². The summed E-state index contributed by atoms with van der Waals surface area (Å²) in [6, 6.07) is 3.47. The first-order valence-electron chi connectivity index (χ1n) is 7.57. The summed E-state index contributed by atoms with van der Waals surface area (Å²) >= 11 is 1.66. The highest BCUT2D eigenvalue weighted by Crippen LogP contribution is 2.17. The molecule has 2 heterocycles. The number of carbonyl (C=O) groups is 1. The molecule has 23 heavy (non-hydrogen) atoms. The van der Waals surface area contributed by atoms with Crippen LogP contribution in [0.5, 0.6) is 0 Å². The van der Waals surface area contributed by atoms with Crippen molar-refractivity contribution in [2.75, 3.05) is 11.1 Å². The van der Waals surface area contributed by atoms with Gasteiger partial charge in [0.25, 0.3) is 0 Å². The van der Waals surface area contributed by atoms with E-state index in [1.165, 1.54) is 0 Å². The minimum atomic E-state index is -0.248. The fourth-order valence-corrected chi connectivity index (χ4v) is 2.82.